The van der Waals surface area contributed by atoms with Crippen LogP contribution in [0.3, 0.4) is 0 Å². The van der Waals surface area contributed by atoms with Crippen molar-refractivity contribution >= 4 is 17.2 Å². The van der Waals surface area contributed by atoms with Crippen LogP contribution < -0.4 is 16.2 Å². The van der Waals surface area contributed by atoms with E-state index in [1.165, 1.54) is 15.3 Å². The maximum Gasteiger partial charge on any atom is 0.238 e. The number of hydrogen-bond donors (Lipinski definition) is 3. The molecule has 3 atom stereocenters. The number of fused-ring (bicyclic) bond motifs is 1. The van der Waals surface area contributed by atoms with Crippen LogP contribution in [0.1, 0.15) is 11.3 Å². The highest BCUT2D eigenvalue weighted by atomic mass is 32.1. The van der Waals surface area contributed by atoms with Crippen LogP contribution in [0.4, 0.5) is 0 Å². The fourth-order valence-corrected chi connectivity index (χ4v) is 4.93. The minimum absolute atomic E-state index is 0.0735. The number of carbonyl (C=O) groups excluding carboxylic acids is 1. The Hall–Kier alpha value is -1.73. The van der Waals surface area contributed by atoms with E-state index in [2.05, 4.69) is 63.5 Å². The van der Waals surface area contributed by atoms with Gasteiger partial charge in [0, 0.05) is 48.4 Å². The largest absolute Gasteiger partial charge is 0.358 e. The molecule has 25 heavy (non-hydrogen) atoms. The van der Waals surface area contributed by atoms with Crippen LogP contribution in [0.25, 0.3) is 10.4 Å². The molecule has 1 aromatic heterocycles. The van der Waals surface area contributed by atoms with Gasteiger partial charge < -0.3 is 5.32 Å². The van der Waals surface area contributed by atoms with Crippen LogP contribution in [0, 0.1) is 5.92 Å². The summed E-state index contributed by atoms with van der Waals surface area (Å²) in [5.41, 5.74) is 7.75. The first kappa shape index (κ1) is 16.7. The van der Waals surface area contributed by atoms with Crippen molar-refractivity contribution in [3.63, 3.8) is 0 Å². The molecule has 3 unspecified atom stereocenters. The second-order valence-corrected chi connectivity index (χ2v) is 7.98. The highest BCUT2D eigenvalue weighted by Crippen LogP contribution is 2.30. The number of hydrogen-bond acceptors (Lipinski definition) is 5. The number of nitrogens with zero attached hydrogens (tertiary/aromatic N) is 1. The standard InChI is InChI=1S/C19H24N4OS/c1-20-19(24)18-15-12-23(10-9-16(15)21-22-18)11-14-7-8-17(25-14)13-5-3-2-4-6-13/h2-8,15-16,18,21-22H,9-12H2,1H3,(H,20,24). The van der Waals surface area contributed by atoms with E-state index >= 15 is 0 Å². The molecule has 4 rings (SSSR count). The Morgan fingerprint density at radius 1 is 1.24 bits per heavy atom. The molecule has 3 heterocycles. The molecule has 2 fully saturated rings. The molecular weight excluding hydrogens is 332 g/mol. The van der Waals surface area contributed by atoms with E-state index in [4.69, 9.17) is 0 Å². The lowest BCUT2D eigenvalue weighted by molar-refractivity contribution is -0.123. The number of likely N-dealkylation sites (N-methyl/N-ethyl adjacent to an activating group) is 1. The van der Waals surface area contributed by atoms with Crippen molar-refractivity contribution in [1.82, 2.24) is 21.1 Å². The maximum absolute atomic E-state index is 12.1. The molecule has 2 aromatic rings. The van der Waals surface area contributed by atoms with Crippen molar-refractivity contribution in [1.29, 1.82) is 0 Å². The van der Waals surface area contributed by atoms with Crippen LogP contribution in [0.2, 0.25) is 0 Å². The van der Waals surface area contributed by atoms with Gasteiger partial charge in [-0.15, -0.1) is 11.3 Å². The average molecular weight is 356 g/mol. The number of amides is 1. The van der Waals surface area contributed by atoms with Crippen LogP contribution in [0.15, 0.2) is 42.5 Å². The van der Waals surface area contributed by atoms with Gasteiger partial charge in [-0.3, -0.25) is 15.1 Å². The first-order valence-corrected chi connectivity index (χ1v) is 9.65. The van der Waals surface area contributed by atoms with Crippen molar-refractivity contribution in [3.8, 4) is 10.4 Å². The zero-order valence-electron chi connectivity index (χ0n) is 14.4. The van der Waals surface area contributed by atoms with Crippen molar-refractivity contribution in [2.24, 2.45) is 5.92 Å². The Kier molecular flexibility index (Phi) is 4.85. The second kappa shape index (κ2) is 7.25. The Balaban J connectivity index is 1.42. The van der Waals surface area contributed by atoms with E-state index in [-0.39, 0.29) is 11.9 Å². The highest BCUT2D eigenvalue weighted by Gasteiger charge is 2.42. The number of likely N-dealkylation sites (tertiary alicyclic amines) is 1. The SMILES string of the molecule is CNC(=O)C1NNC2CCN(Cc3ccc(-c4ccccc4)s3)CC21. The number of piperidine rings is 1. The first-order valence-electron chi connectivity index (χ1n) is 8.84. The predicted molar refractivity (Wildman–Crippen MR) is 101 cm³/mol. The third-order valence-corrected chi connectivity index (χ3v) is 6.34. The molecule has 0 radical (unpaired) electrons. The maximum atomic E-state index is 12.1. The summed E-state index contributed by atoms with van der Waals surface area (Å²) >= 11 is 1.86. The van der Waals surface area contributed by atoms with Gasteiger partial charge >= 0.3 is 0 Å². The fourth-order valence-electron chi connectivity index (χ4n) is 3.87. The summed E-state index contributed by atoms with van der Waals surface area (Å²) in [7, 11) is 1.70. The summed E-state index contributed by atoms with van der Waals surface area (Å²) in [6.45, 7) is 2.97. The zero-order chi connectivity index (χ0) is 17.2. The van der Waals surface area contributed by atoms with Gasteiger partial charge in [-0.05, 0) is 24.1 Å². The van der Waals surface area contributed by atoms with Crippen molar-refractivity contribution < 1.29 is 4.79 Å². The Labute approximate surface area is 152 Å². The summed E-state index contributed by atoms with van der Waals surface area (Å²) < 4.78 is 0. The molecule has 5 nitrogen and oxygen atoms in total. The fraction of sp³-hybridized carbons (Fsp3) is 0.421. The van der Waals surface area contributed by atoms with E-state index in [1.54, 1.807) is 7.05 Å². The van der Waals surface area contributed by atoms with Gasteiger partial charge in [-0.1, -0.05) is 30.3 Å². The van der Waals surface area contributed by atoms with E-state index in [0.717, 1.165) is 26.1 Å². The summed E-state index contributed by atoms with van der Waals surface area (Å²) in [4.78, 5) is 17.2. The monoisotopic (exact) mass is 356 g/mol. The van der Waals surface area contributed by atoms with Gasteiger partial charge in [0.25, 0.3) is 0 Å². The van der Waals surface area contributed by atoms with E-state index in [9.17, 15) is 4.79 Å². The molecule has 0 saturated carbocycles. The molecule has 0 bridgehead atoms. The number of benzene rings is 1. The summed E-state index contributed by atoms with van der Waals surface area (Å²) in [6, 6.07) is 15.2. The van der Waals surface area contributed by atoms with Gasteiger partial charge in [0.15, 0.2) is 0 Å². The quantitative estimate of drug-likeness (QED) is 0.782. The topological polar surface area (TPSA) is 56.4 Å². The van der Waals surface area contributed by atoms with Crippen LogP contribution in [-0.2, 0) is 11.3 Å². The van der Waals surface area contributed by atoms with Crippen LogP contribution >= 0.6 is 11.3 Å². The Morgan fingerprint density at radius 2 is 2.08 bits per heavy atom. The molecule has 1 aromatic carbocycles. The number of rotatable bonds is 4. The lowest BCUT2D eigenvalue weighted by Gasteiger charge is -2.35. The van der Waals surface area contributed by atoms with Gasteiger partial charge in [-0.25, -0.2) is 5.43 Å². The molecular formula is C19H24N4OS. The summed E-state index contributed by atoms with van der Waals surface area (Å²) in [5, 5.41) is 2.77. The third kappa shape index (κ3) is 3.48. The third-order valence-electron chi connectivity index (χ3n) is 5.22. The van der Waals surface area contributed by atoms with Gasteiger partial charge in [-0.2, -0.15) is 0 Å². The number of hydrazine groups is 1. The molecule has 2 aliphatic heterocycles. The summed E-state index contributed by atoms with van der Waals surface area (Å²) in [5.74, 6) is 0.395. The molecule has 1 amide bonds. The van der Waals surface area contributed by atoms with E-state index in [1.807, 2.05) is 11.3 Å². The number of carbonyl (C=O) groups is 1. The second-order valence-electron chi connectivity index (χ2n) is 6.81. The Bertz CT molecular complexity index is 732. The molecule has 2 aliphatic rings. The average Bonchev–Trinajstić information content (AvgIpc) is 3.28. The predicted octanol–water partition coefficient (Wildman–Crippen LogP) is 1.83. The number of nitrogens with one attached hydrogen (secondary N) is 3. The molecule has 3 N–H and O–H groups in total. The Morgan fingerprint density at radius 3 is 2.88 bits per heavy atom. The summed E-state index contributed by atoms with van der Waals surface area (Å²) in [6.07, 6.45) is 1.07. The zero-order valence-corrected chi connectivity index (χ0v) is 15.2. The highest BCUT2D eigenvalue weighted by molar-refractivity contribution is 7.15. The van der Waals surface area contributed by atoms with E-state index in [0.29, 0.717) is 12.0 Å². The minimum Gasteiger partial charge on any atom is -0.358 e. The van der Waals surface area contributed by atoms with Gasteiger partial charge in [0.05, 0.1) is 0 Å². The van der Waals surface area contributed by atoms with Crippen molar-refractivity contribution in [3.05, 3.63) is 47.3 Å². The van der Waals surface area contributed by atoms with Crippen LogP contribution in [-0.4, -0.2) is 43.0 Å². The normalized spacial score (nSPS) is 26.4. The molecule has 6 heteroatoms. The number of thiophene rings is 1. The lowest BCUT2D eigenvalue weighted by atomic mass is 9.88. The van der Waals surface area contributed by atoms with Crippen molar-refractivity contribution in [2.75, 3.05) is 20.1 Å². The molecule has 0 aliphatic carbocycles. The molecule has 132 valence electrons. The van der Waals surface area contributed by atoms with Crippen molar-refractivity contribution in [2.45, 2.75) is 25.0 Å². The molecule has 2 saturated heterocycles. The lowest BCUT2D eigenvalue weighted by Crippen LogP contribution is -2.49. The van der Waals surface area contributed by atoms with Gasteiger partial charge in [0.1, 0.15) is 6.04 Å². The van der Waals surface area contributed by atoms with E-state index < -0.39 is 0 Å². The van der Waals surface area contributed by atoms with Gasteiger partial charge in [0.2, 0.25) is 5.91 Å². The first-order chi connectivity index (χ1) is 12.2. The smallest absolute Gasteiger partial charge is 0.238 e. The van der Waals surface area contributed by atoms with Crippen LogP contribution in [0.5, 0.6) is 0 Å². The molecule has 0 spiro atoms. The minimum atomic E-state index is -0.138.